The molecule has 0 bridgehead atoms. The topological polar surface area (TPSA) is 29.9 Å². The molecule has 0 radical (unpaired) electrons. The van der Waals surface area contributed by atoms with Crippen LogP contribution in [0.2, 0.25) is 0 Å². The predicted molar refractivity (Wildman–Crippen MR) is 79.9 cm³/mol. The van der Waals surface area contributed by atoms with Crippen molar-refractivity contribution >= 4 is 0 Å². The number of hydrogen-bond acceptors (Lipinski definition) is 2. The van der Waals surface area contributed by atoms with Gasteiger partial charge in [0, 0.05) is 25.0 Å². The number of aromatic nitrogens is 2. The Hall–Kier alpha value is -0.830. The molecule has 1 aliphatic rings. The minimum absolute atomic E-state index is 0.444. The van der Waals surface area contributed by atoms with Gasteiger partial charge in [-0.15, -0.1) is 0 Å². The van der Waals surface area contributed by atoms with Gasteiger partial charge in [-0.3, -0.25) is 0 Å². The van der Waals surface area contributed by atoms with Crippen LogP contribution in [0.3, 0.4) is 0 Å². The van der Waals surface area contributed by atoms with Crippen molar-refractivity contribution in [1.82, 2.24) is 14.9 Å². The van der Waals surface area contributed by atoms with Crippen molar-refractivity contribution in [1.29, 1.82) is 0 Å². The summed E-state index contributed by atoms with van der Waals surface area (Å²) in [5, 5.41) is 3.73. The highest BCUT2D eigenvalue weighted by Crippen LogP contribution is 2.45. The Bertz CT molecular complexity index is 401. The van der Waals surface area contributed by atoms with Gasteiger partial charge in [0.2, 0.25) is 0 Å². The third-order valence-corrected chi connectivity index (χ3v) is 4.25. The van der Waals surface area contributed by atoms with E-state index in [4.69, 9.17) is 0 Å². The fourth-order valence-corrected chi connectivity index (χ4v) is 4.02. The molecule has 0 aliphatic heterocycles. The van der Waals surface area contributed by atoms with Crippen LogP contribution >= 0.6 is 0 Å². The van der Waals surface area contributed by atoms with Crippen LogP contribution in [0.5, 0.6) is 0 Å². The van der Waals surface area contributed by atoms with Gasteiger partial charge in [-0.05, 0) is 37.0 Å². The van der Waals surface area contributed by atoms with Gasteiger partial charge in [0.05, 0.1) is 6.54 Å². The Morgan fingerprint density at radius 3 is 2.47 bits per heavy atom. The van der Waals surface area contributed by atoms with Crippen LogP contribution in [0.4, 0.5) is 0 Å². The average molecular weight is 263 g/mol. The third kappa shape index (κ3) is 3.82. The number of aryl methyl sites for hydroxylation is 1. The van der Waals surface area contributed by atoms with Crippen molar-refractivity contribution in [2.75, 3.05) is 0 Å². The van der Waals surface area contributed by atoms with Gasteiger partial charge in [-0.2, -0.15) is 0 Å². The molecule has 19 heavy (non-hydrogen) atoms. The number of rotatable bonds is 4. The van der Waals surface area contributed by atoms with Gasteiger partial charge in [0.1, 0.15) is 5.82 Å². The maximum Gasteiger partial charge on any atom is 0.122 e. The van der Waals surface area contributed by atoms with E-state index in [0.717, 1.165) is 18.9 Å². The van der Waals surface area contributed by atoms with Gasteiger partial charge in [-0.1, -0.05) is 27.7 Å². The summed E-state index contributed by atoms with van der Waals surface area (Å²) in [5.41, 5.74) is 0.888. The van der Waals surface area contributed by atoms with Crippen molar-refractivity contribution in [2.24, 2.45) is 10.8 Å². The SMILES string of the molecule is CCn1ccnc1CNC1CC(C)(C)CC(C)(C)C1. The Kier molecular flexibility index (Phi) is 4.05. The predicted octanol–water partition coefficient (Wildman–Crippen LogP) is 3.60. The summed E-state index contributed by atoms with van der Waals surface area (Å²) in [5.74, 6) is 1.16. The van der Waals surface area contributed by atoms with Crippen LogP contribution in [-0.2, 0) is 13.1 Å². The second kappa shape index (κ2) is 5.28. The molecular formula is C16H29N3. The minimum atomic E-state index is 0.444. The first kappa shape index (κ1) is 14.6. The molecular weight excluding hydrogens is 234 g/mol. The van der Waals surface area contributed by atoms with E-state index in [1.807, 2.05) is 6.20 Å². The largest absolute Gasteiger partial charge is 0.334 e. The molecule has 1 aromatic heterocycles. The van der Waals surface area contributed by atoms with Crippen LogP contribution in [0.25, 0.3) is 0 Å². The van der Waals surface area contributed by atoms with Crippen molar-refractivity contribution in [3.05, 3.63) is 18.2 Å². The van der Waals surface area contributed by atoms with E-state index < -0.39 is 0 Å². The zero-order valence-electron chi connectivity index (χ0n) is 13.2. The summed E-state index contributed by atoms with van der Waals surface area (Å²) in [4.78, 5) is 4.44. The summed E-state index contributed by atoms with van der Waals surface area (Å²) < 4.78 is 2.21. The Labute approximate surface area is 117 Å². The molecule has 0 unspecified atom stereocenters. The van der Waals surface area contributed by atoms with Crippen molar-refractivity contribution in [3.8, 4) is 0 Å². The molecule has 1 saturated carbocycles. The number of imidazole rings is 1. The first-order chi connectivity index (χ1) is 8.81. The summed E-state index contributed by atoms with van der Waals surface area (Å²) in [7, 11) is 0. The van der Waals surface area contributed by atoms with Crippen LogP contribution in [0.1, 0.15) is 59.7 Å². The van der Waals surface area contributed by atoms with E-state index in [9.17, 15) is 0 Å². The van der Waals surface area contributed by atoms with Crippen molar-refractivity contribution in [3.63, 3.8) is 0 Å². The fraction of sp³-hybridized carbons (Fsp3) is 0.812. The molecule has 0 spiro atoms. The summed E-state index contributed by atoms with van der Waals surface area (Å²) in [6.45, 7) is 13.6. The Morgan fingerprint density at radius 1 is 1.26 bits per heavy atom. The molecule has 1 aliphatic carbocycles. The van der Waals surface area contributed by atoms with Crippen LogP contribution < -0.4 is 5.32 Å². The van der Waals surface area contributed by atoms with E-state index in [2.05, 4.69) is 55.7 Å². The quantitative estimate of drug-likeness (QED) is 0.899. The molecule has 3 heteroatoms. The highest BCUT2D eigenvalue weighted by Gasteiger charge is 2.38. The first-order valence-electron chi connectivity index (χ1n) is 7.55. The number of hydrogen-bond donors (Lipinski definition) is 1. The molecule has 0 amide bonds. The summed E-state index contributed by atoms with van der Waals surface area (Å²) in [6.07, 6.45) is 7.81. The third-order valence-electron chi connectivity index (χ3n) is 4.25. The van der Waals surface area contributed by atoms with Gasteiger partial charge in [-0.25, -0.2) is 4.98 Å². The second-order valence-corrected chi connectivity index (χ2v) is 7.62. The maximum absolute atomic E-state index is 4.44. The van der Waals surface area contributed by atoms with E-state index in [-0.39, 0.29) is 0 Å². The molecule has 0 saturated heterocycles. The standard InChI is InChI=1S/C16H29N3/c1-6-19-8-7-17-14(19)11-18-13-9-15(2,3)12-16(4,5)10-13/h7-8,13,18H,6,9-12H2,1-5H3. The second-order valence-electron chi connectivity index (χ2n) is 7.62. The zero-order valence-corrected chi connectivity index (χ0v) is 13.2. The van der Waals surface area contributed by atoms with Crippen LogP contribution in [-0.4, -0.2) is 15.6 Å². The van der Waals surface area contributed by atoms with Crippen molar-refractivity contribution < 1.29 is 0 Å². The van der Waals surface area contributed by atoms with E-state index in [0.29, 0.717) is 16.9 Å². The molecule has 2 rings (SSSR count). The van der Waals surface area contributed by atoms with Gasteiger partial charge >= 0.3 is 0 Å². The van der Waals surface area contributed by atoms with Crippen molar-refractivity contribution in [2.45, 2.75) is 73.0 Å². The molecule has 0 aromatic carbocycles. The molecule has 1 heterocycles. The highest BCUT2D eigenvalue weighted by atomic mass is 15.1. The Balaban J connectivity index is 1.96. The number of nitrogens with zero attached hydrogens (tertiary/aromatic N) is 2. The Morgan fingerprint density at radius 2 is 1.89 bits per heavy atom. The lowest BCUT2D eigenvalue weighted by Crippen LogP contribution is -2.43. The molecule has 0 atom stereocenters. The summed E-state index contributed by atoms with van der Waals surface area (Å²) in [6, 6.07) is 0.612. The minimum Gasteiger partial charge on any atom is -0.334 e. The zero-order chi connectivity index (χ0) is 14.1. The number of nitrogens with one attached hydrogen (secondary N) is 1. The van der Waals surface area contributed by atoms with E-state index in [1.165, 1.54) is 19.3 Å². The normalized spacial score (nSPS) is 22.6. The van der Waals surface area contributed by atoms with Gasteiger partial charge < -0.3 is 9.88 Å². The smallest absolute Gasteiger partial charge is 0.122 e. The van der Waals surface area contributed by atoms with E-state index in [1.54, 1.807) is 0 Å². The monoisotopic (exact) mass is 263 g/mol. The lowest BCUT2D eigenvalue weighted by molar-refractivity contribution is 0.0841. The molecule has 1 N–H and O–H groups in total. The average Bonchev–Trinajstić information content (AvgIpc) is 2.69. The molecule has 1 fully saturated rings. The lowest BCUT2D eigenvalue weighted by Gasteiger charge is -2.45. The highest BCUT2D eigenvalue weighted by molar-refractivity contribution is 4.95. The summed E-state index contributed by atoms with van der Waals surface area (Å²) >= 11 is 0. The van der Waals surface area contributed by atoms with Crippen LogP contribution in [0.15, 0.2) is 12.4 Å². The van der Waals surface area contributed by atoms with Gasteiger partial charge in [0.15, 0.2) is 0 Å². The maximum atomic E-state index is 4.44. The fourth-order valence-electron chi connectivity index (χ4n) is 4.02. The molecule has 108 valence electrons. The lowest BCUT2D eigenvalue weighted by atomic mass is 9.63. The van der Waals surface area contributed by atoms with Gasteiger partial charge in [0.25, 0.3) is 0 Å². The van der Waals surface area contributed by atoms with Crippen LogP contribution in [0, 0.1) is 10.8 Å². The van der Waals surface area contributed by atoms with E-state index >= 15 is 0 Å². The molecule has 1 aromatic rings. The molecule has 3 nitrogen and oxygen atoms in total. The first-order valence-corrected chi connectivity index (χ1v) is 7.55.